The van der Waals surface area contributed by atoms with Gasteiger partial charge in [-0.3, -0.25) is 0 Å². The third-order valence-corrected chi connectivity index (χ3v) is 7.88. The zero-order chi connectivity index (χ0) is 12.4. The number of hydrogen-bond donors (Lipinski definition) is 0. The van der Waals surface area contributed by atoms with Crippen molar-refractivity contribution in [3.8, 4) is 0 Å². The first-order chi connectivity index (χ1) is 8.53. The molecular weight excluding hydrogens is 216 g/mol. The van der Waals surface area contributed by atoms with Gasteiger partial charge in [-0.25, -0.2) is 0 Å². The van der Waals surface area contributed by atoms with Crippen molar-refractivity contribution in [2.75, 3.05) is 0 Å². The van der Waals surface area contributed by atoms with E-state index in [0.29, 0.717) is 5.41 Å². The summed E-state index contributed by atoms with van der Waals surface area (Å²) in [7, 11) is 0. The largest absolute Gasteiger partial charge is 0.0594 e. The van der Waals surface area contributed by atoms with Crippen LogP contribution in [0.15, 0.2) is 0 Å². The lowest BCUT2D eigenvalue weighted by atomic mass is 9.57. The molecule has 0 atom stereocenters. The van der Waals surface area contributed by atoms with Crippen molar-refractivity contribution in [3.63, 3.8) is 0 Å². The molecule has 0 nitrogen and oxygen atoms in total. The van der Waals surface area contributed by atoms with Crippen molar-refractivity contribution in [2.45, 2.75) is 84.5 Å². The highest BCUT2D eigenvalue weighted by Gasteiger charge is 2.57. The van der Waals surface area contributed by atoms with Crippen LogP contribution in [-0.2, 0) is 0 Å². The molecule has 4 bridgehead atoms. The quantitative estimate of drug-likeness (QED) is 0.611. The summed E-state index contributed by atoms with van der Waals surface area (Å²) >= 11 is 0. The average Bonchev–Trinajstić information content (AvgIpc) is 3.08. The molecule has 4 saturated carbocycles. The van der Waals surface area contributed by atoms with Crippen LogP contribution in [0, 0.1) is 28.1 Å². The molecule has 102 valence electrons. The molecule has 0 aliphatic heterocycles. The number of rotatable bonds is 3. The first-order valence-corrected chi connectivity index (χ1v) is 8.53. The van der Waals surface area contributed by atoms with Crippen molar-refractivity contribution >= 4 is 0 Å². The van der Waals surface area contributed by atoms with Crippen LogP contribution in [0.2, 0.25) is 0 Å². The Morgan fingerprint density at radius 3 is 1.83 bits per heavy atom. The van der Waals surface area contributed by atoms with E-state index in [1.165, 1.54) is 0 Å². The molecule has 0 heterocycles. The van der Waals surface area contributed by atoms with E-state index in [0.717, 1.165) is 22.7 Å². The molecule has 0 aromatic heterocycles. The third kappa shape index (κ3) is 1.50. The van der Waals surface area contributed by atoms with Gasteiger partial charge in [-0.05, 0) is 98.7 Å². The van der Waals surface area contributed by atoms with Gasteiger partial charge in [0.2, 0.25) is 0 Å². The molecule has 4 aliphatic carbocycles. The van der Waals surface area contributed by atoms with Crippen molar-refractivity contribution in [3.05, 3.63) is 0 Å². The molecule has 0 aromatic rings. The lowest BCUT2D eigenvalue weighted by Crippen LogP contribution is -2.38. The Balaban J connectivity index is 1.56. The summed E-state index contributed by atoms with van der Waals surface area (Å²) in [6.07, 6.45) is 17.2. The molecule has 0 unspecified atom stereocenters. The second-order valence-electron chi connectivity index (χ2n) is 9.14. The molecule has 18 heavy (non-hydrogen) atoms. The van der Waals surface area contributed by atoms with Gasteiger partial charge in [0, 0.05) is 0 Å². The Labute approximate surface area is 113 Å². The second-order valence-corrected chi connectivity index (χ2v) is 9.14. The minimum Gasteiger partial charge on any atom is -0.0594 e. The first kappa shape index (κ1) is 11.8. The van der Waals surface area contributed by atoms with Gasteiger partial charge in [-0.15, -0.1) is 0 Å². The van der Waals surface area contributed by atoms with Gasteiger partial charge < -0.3 is 0 Å². The highest BCUT2D eigenvalue weighted by molar-refractivity contribution is 5.07. The SMILES string of the molecule is CC(C)(CC12CCC(CC1)C2)C12CCC(CC1)C2. The minimum atomic E-state index is 0.622. The summed E-state index contributed by atoms with van der Waals surface area (Å²) in [5.74, 6) is 2.24. The van der Waals surface area contributed by atoms with Gasteiger partial charge in [0.1, 0.15) is 0 Å². The highest BCUT2D eigenvalue weighted by atomic mass is 14.6. The van der Waals surface area contributed by atoms with E-state index in [2.05, 4.69) is 13.8 Å². The monoisotopic (exact) mass is 246 g/mol. The Morgan fingerprint density at radius 1 is 0.833 bits per heavy atom. The molecule has 0 N–H and O–H groups in total. The first-order valence-electron chi connectivity index (χ1n) is 8.53. The van der Waals surface area contributed by atoms with Crippen molar-refractivity contribution < 1.29 is 0 Å². The zero-order valence-corrected chi connectivity index (χ0v) is 12.4. The van der Waals surface area contributed by atoms with E-state index in [4.69, 9.17) is 0 Å². The number of hydrogen-bond acceptors (Lipinski definition) is 0. The van der Waals surface area contributed by atoms with Crippen LogP contribution in [0.25, 0.3) is 0 Å². The summed E-state index contributed by atoms with van der Waals surface area (Å²) in [5, 5.41) is 0. The van der Waals surface area contributed by atoms with Crippen LogP contribution in [0.3, 0.4) is 0 Å². The van der Waals surface area contributed by atoms with Gasteiger partial charge in [0.15, 0.2) is 0 Å². The summed E-state index contributed by atoms with van der Waals surface area (Å²) in [6.45, 7) is 5.28. The van der Waals surface area contributed by atoms with Crippen LogP contribution in [0.1, 0.15) is 84.5 Å². The molecule has 4 aliphatic rings. The van der Waals surface area contributed by atoms with Gasteiger partial charge in [0.25, 0.3) is 0 Å². The Hall–Kier alpha value is 0. The molecule has 0 radical (unpaired) electrons. The van der Waals surface area contributed by atoms with Crippen LogP contribution in [0.5, 0.6) is 0 Å². The van der Waals surface area contributed by atoms with Crippen LogP contribution in [-0.4, -0.2) is 0 Å². The molecule has 4 rings (SSSR count). The standard InChI is InChI=1S/C18H30/c1-16(2,18-9-5-15(12-18)6-10-18)13-17-7-3-14(11-17)4-8-17/h14-15H,3-13H2,1-2H3. The van der Waals surface area contributed by atoms with E-state index in [1.807, 2.05) is 0 Å². The summed E-state index contributed by atoms with van der Waals surface area (Å²) in [6, 6.07) is 0. The normalized spacial score (nSPS) is 50.3. The summed E-state index contributed by atoms with van der Waals surface area (Å²) < 4.78 is 0. The molecule has 0 aromatic carbocycles. The molecule has 0 heteroatoms. The molecule has 0 amide bonds. The fourth-order valence-corrected chi connectivity index (χ4v) is 6.83. The van der Waals surface area contributed by atoms with Crippen molar-refractivity contribution in [1.29, 1.82) is 0 Å². The van der Waals surface area contributed by atoms with Crippen LogP contribution >= 0.6 is 0 Å². The fourth-order valence-electron chi connectivity index (χ4n) is 6.83. The maximum Gasteiger partial charge on any atom is -0.0243 e. The Morgan fingerprint density at radius 2 is 1.39 bits per heavy atom. The lowest BCUT2D eigenvalue weighted by Gasteiger charge is -2.48. The van der Waals surface area contributed by atoms with E-state index in [-0.39, 0.29) is 0 Å². The van der Waals surface area contributed by atoms with E-state index >= 15 is 0 Å². The van der Waals surface area contributed by atoms with Gasteiger partial charge >= 0.3 is 0 Å². The average molecular weight is 246 g/mol. The zero-order valence-electron chi connectivity index (χ0n) is 12.4. The topological polar surface area (TPSA) is 0 Å². The Kier molecular flexibility index (Phi) is 2.33. The predicted molar refractivity (Wildman–Crippen MR) is 76.4 cm³/mol. The summed E-state index contributed by atoms with van der Waals surface area (Å²) in [4.78, 5) is 0. The van der Waals surface area contributed by atoms with Gasteiger partial charge in [0.05, 0.1) is 0 Å². The molecule has 0 saturated heterocycles. The maximum atomic E-state index is 2.64. The molecular formula is C18H30. The Bertz CT molecular complexity index is 335. The van der Waals surface area contributed by atoms with E-state index in [1.54, 1.807) is 70.6 Å². The second kappa shape index (κ2) is 3.55. The smallest absolute Gasteiger partial charge is 0.0243 e. The number of fused-ring (bicyclic) bond motifs is 4. The van der Waals surface area contributed by atoms with E-state index < -0.39 is 0 Å². The highest BCUT2D eigenvalue weighted by Crippen LogP contribution is 2.68. The molecule has 0 spiro atoms. The van der Waals surface area contributed by atoms with E-state index in [9.17, 15) is 0 Å². The van der Waals surface area contributed by atoms with Gasteiger partial charge in [-0.2, -0.15) is 0 Å². The van der Waals surface area contributed by atoms with Crippen LogP contribution < -0.4 is 0 Å². The minimum absolute atomic E-state index is 0.622. The lowest BCUT2D eigenvalue weighted by molar-refractivity contribution is 0.0215. The van der Waals surface area contributed by atoms with Crippen molar-refractivity contribution in [2.24, 2.45) is 28.1 Å². The summed E-state index contributed by atoms with van der Waals surface area (Å²) in [5.41, 5.74) is 2.17. The van der Waals surface area contributed by atoms with Crippen LogP contribution in [0.4, 0.5) is 0 Å². The van der Waals surface area contributed by atoms with Gasteiger partial charge in [-0.1, -0.05) is 13.8 Å². The predicted octanol–water partition coefficient (Wildman–Crippen LogP) is 5.56. The maximum absolute atomic E-state index is 2.64. The van der Waals surface area contributed by atoms with Crippen molar-refractivity contribution in [1.82, 2.24) is 0 Å². The third-order valence-electron chi connectivity index (χ3n) is 7.88. The molecule has 4 fully saturated rings. The fraction of sp³-hybridized carbons (Fsp3) is 1.00.